The van der Waals surface area contributed by atoms with Gasteiger partial charge in [0.2, 0.25) is 6.29 Å². The molecule has 0 saturated heterocycles. The maximum Gasteiger partial charge on any atom is 0.278 e. The van der Waals surface area contributed by atoms with Gasteiger partial charge in [0.05, 0.1) is 39.1 Å². The highest BCUT2D eigenvalue weighted by molar-refractivity contribution is 6.49. The zero-order valence-corrected chi connectivity index (χ0v) is 35.9. The maximum atomic E-state index is 14.9. The third-order valence-electron chi connectivity index (χ3n) is 9.34. The van der Waals surface area contributed by atoms with Crippen LogP contribution in [0.2, 0.25) is 10.0 Å². The van der Waals surface area contributed by atoms with Crippen molar-refractivity contribution < 1.29 is 19.0 Å². The molecule has 1 amide bonds. The van der Waals surface area contributed by atoms with Crippen LogP contribution in [-0.2, 0) is 9.53 Å². The summed E-state index contributed by atoms with van der Waals surface area (Å²) in [6, 6.07) is 28.7. The van der Waals surface area contributed by atoms with Crippen molar-refractivity contribution in [2.75, 3.05) is 36.4 Å². The van der Waals surface area contributed by atoms with E-state index in [1.807, 2.05) is 96.9 Å². The molecule has 0 aliphatic carbocycles. The number of rotatable bonds is 15. The number of halogens is 2. The molecule has 0 fully saturated rings. The van der Waals surface area contributed by atoms with E-state index >= 15 is 0 Å². The lowest BCUT2D eigenvalue weighted by Gasteiger charge is -2.21. The second kappa shape index (κ2) is 18.8. The summed E-state index contributed by atoms with van der Waals surface area (Å²) in [5, 5.41) is 7.19. The standard InChI is InChI=1S/C46H48Cl2N6O5/c1-9-42(59-40-20-14-28(4)22-30(40)6)57-26-49-32-16-21-41(58-27(2)3)38(25-32)52-45(55)43(50-36-18-17-33(53(7)8)23-29(36)5)44-51-37-13-11-10-12-34(37)46(56)54(44)39-19-15-31(47)24-35(39)48/h10-25,27,42,49H,9,26H2,1-8H3,(H,52,55). The molecule has 1 aromatic heterocycles. The number of ether oxygens (including phenoxy) is 3. The van der Waals surface area contributed by atoms with Crippen LogP contribution >= 0.6 is 23.2 Å². The number of hydrogen-bond donors (Lipinski definition) is 2. The third-order valence-corrected chi connectivity index (χ3v) is 9.88. The Morgan fingerprint density at radius 1 is 0.881 bits per heavy atom. The van der Waals surface area contributed by atoms with Gasteiger partial charge < -0.3 is 29.7 Å². The summed E-state index contributed by atoms with van der Waals surface area (Å²) in [4.78, 5) is 41.2. The summed E-state index contributed by atoms with van der Waals surface area (Å²) in [5.41, 5.74) is 5.46. The van der Waals surface area contributed by atoms with E-state index in [2.05, 4.69) is 16.7 Å². The molecule has 1 heterocycles. The Morgan fingerprint density at radius 2 is 1.64 bits per heavy atom. The summed E-state index contributed by atoms with van der Waals surface area (Å²) in [7, 11) is 3.89. The predicted molar refractivity (Wildman–Crippen MR) is 240 cm³/mol. The number of carbonyl (C=O) groups excluding carboxylic acids is 1. The number of aliphatic imine (C=N–C) groups is 1. The van der Waals surface area contributed by atoms with Gasteiger partial charge in [-0.05, 0) is 119 Å². The van der Waals surface area contributed by atoms with Gasteiger partial charge in [-0.2, -0.15) is 0 Å². The first-order chi connectivity index (χ1) is 28.2. The first kappa shape index (κ1) is 42.7. The van der Waals surface area contributed by atoms with Crippen LogP contribution in [0.4, 0.5) is 22.7 Å². The first-order valence-electron chi connectivity index (χ1n) is 19.3. The van der Waals surface area contributed by atoms with Gasteiger partial charge in [0.15, 0.2) is 11.5 Å². The molecular formula is C46H48Cl2N6O5. The maximum absolute atomic E-state index is 14.9. The molecule has 59 heavy (non-hydrogen) atoms. The summed E-state index contributed by atoms with van der Waals surface area (Å²) < 4.78 is 19.7. The Balaban J connectivity index is 1.42. The van der Waals surface area contributed by atoms with E-state index in [1.54, 1.807) is 48.5 Å². The van der Waals surface area contributed by atoms with Gasteiger partial charge in [0.1, 0.15) is 18.2 Å². The van der Waals surface area contributed by atoms with Crippen molar-refractivity contribution in [1.82, 2.24) is 9.55 Å². The van der Waals surface area contributed by atoms with E-state index in [0.717, 1.165) is 28.1 Å². The molecule has 0 aliphatic rings. The molecule has 0 saturated carbocycles. The SMILES string of the molecule is CCC(OCNc1ccc(OC(C)C)c(NC(=O)C(=Nc2ccc(N(C)C)cc2C)c2nc3ccccc3c(=O)n2-c2ccc(Cl)cc2Cl)c1)Oc1ccc(C)cc1C. The van der Waals surface area contributed by atoms with Gasteiger partial charge in [0.25, 0.3) is 11.5 Å². The minimum Gasteiger partial charge on any atom is -0.489 e. The second-order valence-corrected chi connectivity index (χ2v) is 15.4. The van der Waals surface area contributed by atoms with Crippen LogP contribution in [0, 0.1) is 20.8 Å². The van der Waals surface area contributed by atoms with Gasteiger partial charge in [-0.15, -0.1) is 0 Å². The van der Waals surface area contributed by atoms with Crippen molar-refractivity contribution in [3.63, 3.8) is 0 Å². The van der Waals surface area contributed by atoms with E-state index in [0.29, 0.717) is 45.2 Å². The van der Waals surface area contributed by atoms with Gasteiger partial charge in [-0.25, -0.2) is 9.98 Å². The van der Waals surface area contributed by atoms with E-state index in [-0.39, 0.29) is 35.1 Å². The zero-order valence-electron chi connectivity index (χ0n) is 34.4. The number of fused-ring (bicyclic) bond motifs is 1. The van der Waals surface area contributed by atoms with E-state index in [1.165, 1.54) is 10.6 Å². The molecule has 6 rings (SSSR count). The molecular weight excluding hydrogens is 787 g/mol. The van der Waals surface area contributed by atoms with E-state index in [4.69, 9.17) is 47.4 Å². The van der Waals surface area contributed by atoms with Crippen LogP contribution in [0.1, 0.15) is 49.7 Å². The van der Waals surface area contributed by atoms with Gasteiger partial charge >= 0.3 is 0 Å². The topological polar surface area (TPSA) is 119 Å². The molecule has 306 valence electrons. The number of aryl methyl sites for hydroxylation is 3. The molecule has 2 N–H and O–H groups in total. The van der Waals surface area contributed by atoms with Crippen molar-refractivity contribution in [2.24, 2.45) is 4.99 Å². The minimum absolute atomic E-state index is 0.0325. The number of nitrogens with one attached hydrogen (secondary N) is 2. The zero-order chi connectivity index (χ0) is 42.4. The number of para-hydroxylation sites is 1. The molecule has 1 unspecified atom stereocenters. The average Bonchev–Trinajstić information content (AvgIpc) is 3.19. The van der Waals surface area contributed by atoms with Crippen LogP contribution < -0.4 is 30.6 Å². The van der Waals surface area contributed by atoms with E-state index < -0.39 is 17.8 Å². The van der Waals surface area contributed by atoms with Crippen molar-refractivity contribution in [3.05, 3.63) is 140 Å². The molecule has 0 radical (unpaired) electrons. The molecule has 6 aromatic rings. The highest BCUT2D eigenvalue weighted by Crippen LogP contribution is 2.32. The fourth-order valence-electron chi connectivity index (χ4n) is 6.35. The summed E-state index contributed by atoms with van der Waals surface area (Å²) in [6.07, 6.45) is -0.0980. The predicted octanol–water partition coefficient (Wildman–Crippen LogP) is 10.4. The van der Waals surface area contributed by atoms with Crippen LogP contribution in [0.15, 0.2) is 107 Å². The fourth-order valence-corrected chi connectivity index (χ4v) is 6.84. The highest BCUT2D eigenvalue weighted by Gasteiger charge is 2.26. The normalized spacial score (nSPS) is 12.1. The van der Waals surface area contributed by atoms with Gasteiger partial charge in [-0.3, -0.25) is 14.2 Å². The van der Waals surface area contributed by atoms with Gasteiger partial charge in [-0.1, -0.05) is 60.0 Å². The molecule has 1 atom stereocenters. The lowest BCUT2D eigenvalue weighted by molar-refractivity contribution is -0.110. The molecule has 5 aromatic carbocycles. The Bertz CT molecular complexity index is 2590. The number of amides is 1. The quantitative estimate of drug-likeness (QED) is 0.0775. The van der Waals surface area contributed by atoms with Crippen LogP contribution in [0.5, 0.6) is 11.5 Å². The lowest BCUT2D eigenvalue weighted by Crippen LogP contribution is -2.33. The average molecular weight is 836 g/mol. The monoisotopic (exact) mass is 834 g/mol. The van der Waals surface area contributed by atoms with Crippen LogP contribution in [-0.4, -0.2) is 54.4 Å². The number of benzene rings is 5. The lowest BCUT2D eigenvalue weighted by atomic mass is 10.1. The van der Waals surface area contributed by atoms with Crippen LogP contribution in [0.25, 0.3) is 16.6 Å². The summed E-state index contributed by atoms with van der Waals surface area (Å²) in [5.74, 6) is 0.487. The van der Waals surface area contributed by atoms with Crippen molar-refractivity contribution >= 4 is 68.5 Å². The van der Waals surface area contributed by atoms with E-state index in [9.17, 15) is 9.59 Å². The molecule has 13 heteroatoms. The second-order valence-electron chi connectivity index (χ2n) is 14.6. The number of hydrogen-bond acceptors (Lipinski definition) is 9. The highest BCUT2D eigenvalue weighted by atomic mass is 35.5. The molecule has 0 bridgehead atoms. The van der Waals surface area contributed by atoms with Crippen molar-refractivity contribution in [2.45, 2.75) is 60.4 Å². The first-order valence-corrected chi connectivity index (χ1v) is 20.0. The third kappa shape index (κ3) is 10.2. The Hall–Kier alpha value is -5.88. The van der Waals surface area contributed by atoms with Crippen LogP contribution in [0.3, 0.4) is 0 Å². The smallest absolute Gasteiger partial charge is 0.278 e. The molecule has 0 spiro atoms. The summed E-state index contributed by atoms with van der Waals surface area (Å²) >= 11 is 13.1. The number of aromatic nitrogens is 2. The Kier molecular flexibility index (Phi) is 13.6. The minimum atomic E-state index is -0.656. The van der Waals surface area contributed by atoms with Gasteiger partial charge in [0, 0.05) is 36.9 Å². The number of nitrogens with zero attached hydrogens (tertiary/aromatic N) is 4. The Morgan fingerprint density at radius 3 is 2.34 bits per heavy atom. The molecule has 0 aliphatic heterocycles. The largest absolute Gasteiger partial charge is 0.489 e. The summed E-state index contributed by atoms with van der Waals surface area (Å²) in [6.45, 7) is 11.8. The Labute approximate surface area is 354 Å². The molecule has 11 nitrogen and oxygen atoms in total. The number of anilines is 3. The van der Waals surface area contributed by atoms with Crippen molar-refractivity contribution in [1.29, 1.82) is 0 Å². The number of carbonyl (C=O) groups is 1. The van der Waals surface area contributed by atoms with Crippen molar-refractivity contribution in [3.8, 4) is 17.2 Å². The fraction of sp³-hybridized carbons (Fsp3) is 0.261.